The molecule has 1 aliphatic heterocycles. The van der Waals surface area contributed by atoms with E-state index in [1.54, 1.807) is 12.3 Å². The van der Waals surface area contributed by atoms with E-state index in [1.165, 1.54) is 6.07 Å². The van der Waals surface area contributed by atoms with E-state index in [4.69, 9.17) is 4.98 Å². The standard InChI is InChI=1S/C26H25F3N6.C2H2/c27-26(28,29)21-8-4-7-19(15-21)23-24(34-25(33-23)35-13-11-30-12-14-35)20-9-10-31-22(16-20)32-17-18-5-2-1-3-6-18;1-2/h1-10,15-16,30H,11-14,17H2,(H,31,32)(H,33,34);1-2H. The summed E-state index contributed by atoms with van der Waals surface area (Å²) >= 11 is 0. The van der Waals surface area contributed by atoms with E-state index in [0.29, 0.717) is 35.3 Å². The van der Waals surface area contributed by atoms with E-state index in [9.17, 15) is 13.2 Å². The second kappa shape index (κ2) is 11.6. The monoisotopic (exact) mass is 504 g/mol. The third-order valence-corrected chi connectivity index (χ3v) is 5.94. The molecular weight excluding hydrogens is 477 g/mol. The number of nitrogens with zero attached hydrogens (tertiary/aromatic N) is 3. The molecule has 1 fully saturated rings. The molecule has 3 N–H and O–H groups in total. The number of halogens is 3. The Labute approximate surface area is 214 Å². The molecule has 9 heteroatoms. The van der Waals surface area contributed by atoms with Crippen LogP contribution in [0.15, 0.2) is 72.9 Å². The van der Waals surface area contributed by atoms with Crippen LogP contribution >= 0.6 is 0 Å². The first-order valence-electron chi connectivity index (χ1n) is 11.8. The molecular formula is C28H27F3N6. The van der Waals surface area contributed by atoms with Crippen LogP contribution in [-0.4, -0.2) is 41.1 Å². The molecule has 0 radical (unpaired) electrons. The van der Waals surface area contributed by atoms with Gasteiger partial charge in [-0.2, -0.15) is 13.2 Å². The maximum atomic E-state index is 13.4. The quantitative estimate of drug-likeness (QED) is 0.306. The molecule has 0 amide bonds. The lowest BCUT2D eigenvalue weighted by Gasteiger charge is -2.26. The highest BCUT2D eigenvalue weighted by atomic mass is 19.4. The van der Waals surface area contributed by atoms with Crippen molar-refractivity contribution in [2.45, 2.75) is 12.7 Å². The molecule has 190 valence electrons. The molecule has 2 aromatic carbocycles. The number of imidazole rings is 1. The lowest BCUT2D eigenvalue weighted by molar-refractivity contribution is -0.137. The van der Waals surface area contributed by atoms with Gasteiger partial charge in [0.25, 0.3) is 0 Å². The van der Waals surface area contributed by atoms with Crippen molar-refractivity contribution in [1.29, 1.82) is 0 Å². The van der Waals surface area contributed by atoms with Crippen LogP contribution in [0.25, 0.3) is 22.5 Å². The molecule has 0 saturated carbocycles. The summed E-state index contributed by atoms with van der Waals surface area (Å²) in [5.74, 6) is 1.31. The van der Waals surface area contributed by atoms with E-state index in [-0.39, 0.29) is 0 Å². The number of piperazine rings is 1. The maximum Gasteiger partial charge on any atom is 0.416 e. The lowest BCUT2D eigenvalue weighted by Crippen LogP contribution is -2.44. The average molecular weight is 505 g/mol. The topological polar surface area (TPSA) is 68.9 Å². The molecule has 2 aromatic heterocycles. The minimum absolute atomic E-state index is 0.406. The van der Waals surface area contributed by atoms with Gasteiger partial charge in [0.15, 0.2) is 0 Å². The van der Waals surface area contributed by atoms with Gasteiger partial charge in [-0.05, 0) is 29.8 Å². The number of alkyl halides is 3. The van der Waals surface area contributed by atoms with Gasteiger partial charge in [-0.15, -0.1) is 12.8 Å². The number of hydrogen-bond donors (Lipinski definition) is 3. The van der Waals surface area contributed by atoms with Gasteiger partial charge in [-0.3, -0.25) is 0 Å². The third kappa shape index (κ3) is 6.29. The Kier molecular flexibility index (Phi) is 8.11. The number of H-pyrrole nitrogens is 1. The predicted molar refractivity (Wildman–Crippen MR) is 141 cm³/mol. The fraction of sp³-hybridized carbons (Fsp3) is 0.214. The number of nitrogens with one attached hydrogen (secondary N) is 3. The van der Waals surface area contributed by atoms with Gasteiger partial charge in [0.05, 0.1) is 17.0 Å². The minimum atomic E-state index is -4.43. The number of benzene rings is 2. The van der Waals surface area contributed by atoms with E-state index in [0.717, 1.165) is 49.4 Å². The molecule has 0 atom stereocenters. The Morgan fingerprint density at radius 3 is 2.41 bits per heavy atom. The number of aromatic nitrogens is 3. The van der Waals surface area contributed by atoms with Crippen molar-refractivity contribution in [3.05, 3.63) is 84.1 Å². The number of aromatic amines is 1. The highest BCUT2D eigenvalue weighted by Crippen LogP contribution is 2.36. The number of rotatable bonds is 6. The number of terminal acetylenes is 1. The van der Waals surface area contributed by atoms with Gasteiger partial charge in [0.2, 0.25) is 5.95 Å². The summed E-state index contributed by atoms with van der Waals surface area (Å²) in [5.41, 5.74) is 2.74. The first-order chi connectivity index (χ1) is 18.0. The zero-order chi connectivity index (χ0) is 26.3. The van der Waals surface area contributed by atoms with Crippen LogP contribution in [0, 0.1) is 12.8 Å². The first-order valence-corrected chi connectivity index (χ1v) is 11.8. The Hall–Kier alpha value is -4.29. The summed E-state index contributed by atoms with van der Waals surface area (Å²) < 4.78 is 40.3. The predicted octanol–water partition coefficient (Wildman–Crippen LogP) is 5.43. The van der Waals surface area contributed by atoms with Crippen molar-refractivity contribution in [2.75, 3.05) is 36.4 Å². The lowest BCUT2D eigenvalue weighted by atomic mass is 10.0. The van der Waals surface area contributed by atoms with Gasteiger partial charge in [0, 0.05) is 50.0 Å². The van der Waals surface area contributed by atoms with Crippen molar-refractivity contribution < 1.29 is 13.2 Å². The third-order valence-electron chi connectivity index (χ3n) is 5.94. The molecule has 0 unspecified atom stereocenters. The van der Waals surface area contributed by atoms with Gasteiger partial charge in [-0.1, -0.05) is 42.5 Å². The highest BCUT2D eigenvalue weighted by Gasteiger charge is 2.31. The van der Waals surface area contributed by atoms with Crippen molar-refractivity contribution >= 4 is 11.8 Å². The van der Waals surface area contributed by atoms with E-state index in [2.05, 4.69) is 38.3 Å². The van der Waals surface area contributed by atoms with E-state index < -0.39 is 11.7 Å². The number of hydrogen-bond acceptors (Lipinski definition) is 5. The fourth-order valence-electron chi connectivity index (χ4n) is 4.12. The molecule has 0 spiro atoms. The van der Waals surface area contributed by atoms with Crippen molar-refractivity contribution in [1.82, 2.24) is 20.3 Å². The Bertz CT molecular complexity index is 1320. The Balaban J connectivity index is 0.00000156. The van der Waals surface area contributed by atoms with Crippen molar-refractivity contribution in [2.24, 2.45) is 0 Å². The molecule has 4 aromatic rings. The van der Waals surface area contributed by atoms with E-state index in [1.807, 2.05) is 42.5 Å². The van der Waals surface area contributed by atoms with Crippen LogP contribution in [0.3, 0.4) is 0 Å². The number of anilines is 2. The van der Waals surface area contributed by atoms with Crippen LogP contribution in [0.2, 0.25) is 0 Å². The SMILES string of the molecule is C#C.FC(F)(F)c1cccc(-c2nc(N3CCNCC3)[nH]c2-c2ccnc(NCc3ccccc3)c2)c1. The number of pyridine rings is 1. The van der Waals surface area contributed by atoms with Crippen LogP contribution in [0.1, 0.15) is 11.1 Å². The summed E-state index contributed by atoms with van der Waals surface area (Å²) in [6.07, 6.45) is 5.25. The summed E-state index contributed by atoms with van der Waals surface area (Å²) in [6, 6.07) is 19.0. The van der Waals surface area contributed by atoms with Gasteiger partial charge < -0.3 is 20.5 Å². The molecule has 1 saturated heterocycles. The smallest absolute Gasteiger partial charge is 0.366 e. The molecule has 6 nitrogen and oxygen atoms in total. The van der Waals surface area contributed by atoms with Crippen molar-refractivity contribution in [3.8, 4) is 35.4 Å². The first kappa shape index (κ1) is 25.8. The molecule has 3 heterocycles. The van der Waals surface area contributed by atoms with Crippen molar-refractivity contribution in [3.63, 3.8) is 0 Å². The fourth-order valence-corrected chi connectivity index (χ4v) is 4.12. The summed E-state index contributed by atoms with van der Waals surface area (Å²) in [6.45, 7) is 3.76. The largest absolute Gasteiger partial charge is 0.416 e. The molecule has 37 heavy (non-hydrogen) atoms. The second-order valence-corrected chi connectivity index (χ2v) is 8.37. The maximum absolute atomic E-state index is 13.4. The molecule has 1 aliphatic rings. The van der Waals surface area contributed by atoms with Crippen LogP contribution < -0.4 is 15.5 Å². The minimum Gasteiger partial charge on any atom is -0.366 e. The van der Waals surface area contributed by atoms with Gasteiger partial charge >= 0.3 is 6.18 Å². The summed E-state index contributed by atoms with van der Waals surface area (Å²) in [7, 11) is 0. The van der Waals surface area contributed by atoms with Crippen LogP contribution in [0.4, 0.5) is 24.9 Å². The van der Waals surface area contributed by atoms with E-state index >= 15 is 0 Å². The second-order valence-electron chi connectivity index (χ2n) is 8.37. The summed E-state index contributed by atoms with van der Waals surface area (Å²) in [5, 5.41) is 6.62. The highest BCUT2D eigenvalue weighted by molar-refractivity contribution is 5.81. The molecule has 0 bridgehead atoms. The average Bonchev–Trinajstić information content (AvgIpc) is 3.40. The summed E-state index contributed by atoms with van der Waals surface area (Å²) in [4.78, 5) is 14.7. The Morgan fingerprint density at radius 1 is 0.919 bits per heavy atom. The van der Waals surface area contributed by atoms with Crippen LogP contribution in [-0.2, 0) is 12.7 Å². The zero-order valence-corrected chi connectivity index (χ0v) is 20.1. The van der Waals surface area contributed by atoms with Gasteiger partial charge in [0.1, 0.15) is 5.82 Å². The Morgan fingerprint density at radius 2 is 1.68 bits per heavy atom. The molecule has 5 rings (SSSR count). The molecule has 0 aliphatic carbocycles. The normalized spacial score (nSPS) is 13.5. The zero-order valence-electron chi connectivity index (χ0n) is 20.1. The van der Waals surface area contributed by atoms with Gasteiger partial charge in [-0.25, -0.2) is 9.97 Å². The van der Waals surface area contributed by atoms with Crippen LogP contribution in [0.5, 0.6) is 0 Å².